The molecule has 0 saturated carbocycles. The van der Waals surface area contributed by atoms with Crippen molar-refractivity contribution in [1.82, 2.24) is 0 Å². The zero-order valence-electron chi connectivity index (χ0n) is 8.28. The van der Waals surface area contributed by atoms with Crippen molar-refractivity contribution in [1.29, 1.82) is 0 Å². The van der Waals surface area contributed by atoms with E-state index in [1.165, 1.54) is 6.92 Å². The van der Waals surface area contributed by atoms with E-state index in [1.807, 2.05) is 0 Å². The Morgan fingerprint density at radius 3 is 2.80 bits per heavy atom. The molecule has 15 heavy (non-hydrogen) atoms. The number of rotatable bonds is 2. The number of hydrogen-bond donors (Lipinski definition) is 1. The quantitative estimate of drug-likeness (QED) is 0.437. The molecule has 1 aliphatic heterocycles. The van der Waals surface area contributed by atoms with Crippen molar-refractivity contribution in [3.05, 3.63) is 11.3 Å². The second kappa shape index (κ2) is 4.44. The molecule has 5 nitrogen and oxygen atoms in total. The molecular weight excluding hydrogens is 222 g/mol. The maximum Gasteiger partial charge on any atom is 0.347 e. The van der Waals surface area contributed by atoms with E-state index >= 15 is 0 Å². The number of dihydropyridines is 1. The third kappa shape index (κ3) is 2.18. The van der Waals surface area contributed by atoms with Crippen molar-refractivity contribution in [2.75, 3.05) is 6.61 Å². The fraction of sp³-hybridized carbons (Fsp3) is 0.444. The van der Waals surface area contributed by atoms with E-state index in [-0.39, 0.29) is 12.3 Å². The van der Waals surface area contributed by atoms with Crippen LogP contribution in [0.2, 0.25) is 0 Å². The van der Waals surface area contributed by atoms with E-state index < -0.39 is 28.6 Å². The number of esters is 1. The molecule has 0 saturated heterocycles. The van der Waals surface area contributed by atoms with Crippen molar-refractivity contribution in [2.45, 2.75) is 19.2 Å². The molecule has 1 amide bonds. The molecule has 0 bridgehead atoms. The predicted molar refractivity (Wildman–Crippen MR) is 54.0 cm³/mol. The molecular formula is C9H10ClNO4. The van der Waals surface area contributed by atoms with E-state index in [0.29, 0.717) is 0 Å². The van der Waals surface area contributed by atoms with Crippen molar-refractivity contribution in [3.63, 3.8) is 0 Å². The molecule has 0 radical (unpaired) electrons. The lowest BCUT2D eigenvalue weighted by Gasteiger charge is -2.16. The zero-order valence-corrected chi connectivity index (χ0v) is 9.04. The molecule has 1 heterocycles. The molecule has 0 aliphatic carbocycles. The van der Waals surface area contributed by atoms with Crippen LogP contribution in [0.15, 0.2) is 16.3 Å². The summed E-state index contributed by atoms with van der Waals surface area (Å²) in [6, 6.07) is 0. The highest BCUT2D eigenvalue weighted by atomic mass is 35.5. The molecule has 0 fully saturated rings. The summed E-state index contributed by atoms with van der Waals surface area (Å²) in [5.41, 5.74) is -0.227. The largest absolute Gasteiger partial charge is 0.509 e. The zero-order chi connectivity index (χ0) is 11.6. The van der Waals surface area contributed by atoms with E-state index in [1.54, 1.807) is 6.92 Å². The first-order valence-corrected chi connectivity index (χ1v) is 4.76. The SMILES string of the molecule is CCOC(=O)C1=C(O)C(Cl)C(C)=NC1=O. The molecule has 1 rings (SSSR count). The van der Waals surface area contributed by atoms with Gasteiger partial charge in [-0.3, -0.25) is 4.79 Å². The van der Waals surface area contributed by atoms with Gasteiger partial charge in [0.1, 0.15) is 11.1 Å². The number of halogens is 1. The topological polar surface area (TPSA) is 76.0 Å². The summed E-state index contributed by atoms with van der Waals surface area (Å²) in [4.78, 5) is 26.1. The lowest BCUT2D eigenvalue weighted by molar-refractivity contribution is -0.140. The average molecular weight is 232 g/mol. The van der Waals surface area contributed by atoms with Crippen LogP contribution in [0, 0.1) is 0 Å². The van der Waals surface area contributed by atoms with Crippen LogP contribution in [0.4, 0.5) is 0 Å². The van der Waals surface area contributed by atoms with Gasteiger partial charge in [-0.1, -0.05) is 0 Å². The molecule has 82 valence electrons. The number of alkyl halides is 1. The maximum atomic E-state index is 11.3. The predicted octanol–water partition coefficient (Wildman–Crippen LogP) is 0.970. The summed E-state index contributed by atoms with van der Waals surface area (Å²) >= 11 is 5.72. The van der Waals surface area contributed by atoms with Crippen LogP contribution in [0.5, 0.6) is 0 Å². The fourth-order valence-electron chi connectivity index (χ4n) is 1.10. The Labute approximate surface area is 91.4 Å². The Morgan fingerprint density at radius 1 is 1.67 bits per heavy atom. The Morgan fingerprint density at radius 2 is 2.27 bits per heavy atom. The minimum absolute atomic E-state index is 0.110. The van der Waals surface area contributed by atoms with Crippen LogP contribution in [0.3, 0.4) is 0 Å². The molecule has 6 heteroatoms. The Bertz CT molecular complexity index is 372. The lowest BCUT2D eigenvalue weighted by atomic mass is 10.1. The summed E-state index contributed by atoms with van der Waals surface area (Å²) in [7, 11) is 0. The number of hydrogen-bond acceptors (Lipinski definition) is 4. The normalized spacial score (nSPS) is 21.4. The highest BCUT2D eigenvalue weighted by Crippen LogP contribution is 2.21. The van der Waals surface area contributed by atoms with Crippen molar-refractivity contribution in [2.24, 2.45) is 4.99 Å². The van der Waals surface area contributed by atoms with Gasteiger partial charge in [-0.15, -0.1) is 11.6 Å². The second-order valence-electron chi connectivity index (χ2n) is 2.90. The third-order valence-electron chi connectivity index (χ3n) is 1.83. The number of amides is 1. The van der Waals surface area contributed by atoms with Crippen LogP contribution < -0.4 is 0 Å². The minimum atomic E-state index is -0.942. The first-order valence-electron chi connectivity index (χ1n) is 4.32. The molecule has 1 N–H and O–H groups in total. The highest BCUT2D eigenvalue weighted by Gasteiger charge is 2.33. The third-order valence-corrected chi connectivity index (χ3v) is 2.36. The van der Waals surface area contributed by atoms with Gasteiger partial charge in [-0.25, -0.2) is 9.79 Å². The van der Waals surface area contributed by atoms with Gasteiger partial charge >= 0.3 is 5.97 Å². The number of aliphatic hydroxyl groups excluding tert-OH is 1. The molecule has 0 aromatic carbocycles. The molecule has 1 aliphatic rings. The molecule has 0 aromatic heterocycles. The molecule has 1 atom stereocenters. The van der Waals surface area contributed by atoms with Gasteiger partial charge in [0.2, 0.25) is 0 Å². The van der Waals surface area contributed by atoms with Crippen molar-refractivity contribution < 1.29 is 19.4 Å². The Hall–Kier alpha value is -1.36. The van der Waals surface area contributed by atoms with Gasteiger partial charge in [0, 0.05) is 5.71 Å². The molecule has 0 spiro atoms. The number of ether oxygens (including phenoxy) is 1. The standard InChI is InChI=1S/C9H10ClNO4/c1-3-15-9(14)5-7(12)6(10)4(2)11-8(5)13/h6,12H,3H2,1-2H3. The summed E-state index contributed by atoms with van der Waals surface area (Å²) in [6.07, 6.45) is 0. The fourth-order valence-corrected chi connectivity index (χ4v) is 1.26. The molecule has 1 unspecified atom stereocenters. The number of aliphatic imine (C=N–C) groups is 1. The lowest BCUT2D eigenvalue weighted by Crippen LogP contribution is -2.29. The van der Waals surface area contributed by atoms with Gasteiger partial charge in [-0.2, -0.15) is 0 Å². The summed E-state index contributed by atoms with van der Waals surface area (Å²) in [6.45, 7) is 3.20. The summed E-state index contributed by atoms with van der Waals surface area (Å²) in [5, 5.41) is 8.58. The number of nitrogens with zero attached hydrogens (tertiary/aromatic N) is 1. The van der Waals surface area contributed by atoms with Crippen LogP contribution >= 0.6 is 11.6 Å². The van der Waals surface area contributed by atoms with E-state index in [9.17, 15) is 14.7 Å². The maximum absolute atomic E-state index is 11.3. The van der Waals surface area contributed by atoms with E-state index in [4.69, 9.17) is 11.6 Å². The number of carbonyl (C=O) groups is 2. The number of aliphatic hydroxyl groups is 1. The first kappa shape index (κ1) is 11.7. The van der Waals surface area contributed by atoms with Gasteiger partial charge in [0.15, 0.2) is 5.57 Å². The van der Waals surface area contributed by atoms with Crippen molar-refractivity contribution in [3.8, 4) is 0 Å². The van der Waals surface area contributed by atoms with Gasteiger partial charge in [0.05, 0.1) is 6.61 Å². The van der Waals surface area contributed by atoms with Gasteiger partial charge in [0.25, 0.3) is 5.91 Å². The van der Waals surface area contributed by atoms with Gasteiger partial charge in [-0.05, 0) is 13.8 Å². The summed E-state index contributed by atoms with van der Waals surface area (Å²) in [5.74, 6) is -2.21. The minimum Gasteiger partial charge on any atom is -0.509 e. The Balaban J connectivity index is 3.06. The smallest absolute Gasteiger partial charge is 0.347 e. The van der Waals surface area contributed by atoms with Crippen LogP contribution in [-0.4, -0.2) is 34.7 Å². The highest BCUT2D eigenvalue weighted by molar-refractivity contribution is 6.37. The van der Waals surface area contributed by atoms with Crippen LogP contribution in [0.25, 0.3) is 0 Å². The number of allylic oxidation sites excluding steroid dienone is 1. The first-order chi connectivity index (χ1) is 6.99. The molecule has 0 aromatic rings. The second-order valence-corrected chi connectivity index (χ2v) is 3.34. The van der Waals surface area contributed by atoms with E-state index in [2.05, 4.69) is 9.73 Å². The van der Waals surface area contributed by atoms with E-state index in [0.717, 1.165) is 0 Å². The van der Waals surface area contributed by atoms with Crippen LogP contribution in [0.1, 0.15) is 13.8 Å². The van der Waals surface area contributed by atoms with Gasteiger partial charge < -0.3 is 9.84 Å². The van der Waals surface area contributed by atoms with Crippen molar-refractivity contribution >= 4 is 29.2 Å². The monoisotopic (exact) mass is 231 g/mol. The Kier molecular flexibility index (Phi) is 3.47. The summed E-state index contributed by atoms with van der Waals surface area (Å²) < 4.78 is 4.60. The number of carbonyl (C=O) groups excluding carboxylic acids is 2. The van der Waals surface area contributed by atoms with Crippen LogP contribution in [-0.2, 0) is 14.3 Å². The average Bonchev–Trinajstić information content (AvgIpc) is 2.15.